The molecule has 0 unspecified atom stereocenters. The number of nitrogens with zero attached hydrogens (tertiary/aromatic N) is 3. The third kappa shape index (κ3) is 2.07. The van der Waals surface area contributed by atoms with Crippen LogP contribution < -0.4 is 0 Å². The van der Waals surface area contributed by atoms with Gasteiger partial charge in [-0.3, -0.25) is 0 Å². The van der Waals surface area contributed by atoms with Crippen molar-refractivity contribution in [2.24, 2.45) is 0 Å². The van der Waals surface area contributed by atoms with Crippen molar-refractivity contribution in [3.8, 4) is 12.4 Å². The molecule has 4 nitrogen and oxygen atoms in total. The van der Waals surface area contributed by atoms with Crippen molar-refractivity contribution in [2.75, 3.05) is 31.9 Å². The molecule has 0 rings (SSSR count). The van der Waals surface area contributed by atoms with Gasteiger partial charge in [0.25, 0.3) is 0 Å². The first-order valence-corrected chi connectivity index (χ1v) is 8.11. The molecule has 0 aliphatic carbocycles. The van der Waals surface area contributed by atoms with Crippen molar-refractivity contribution < 1.29 is 4.74 Å². The van der Waals surface area contributed by atoms with Gasteiger partial charge < -0.3 is 0 Å². The van der Waals surface area contributed by atoms with E-state index in [4.69, 9.17) is 15.3 Å². The summed E-state index contributed by atoms with van der Waals surface area (Å²) in [7, 11) is 1.63. The fourth-order valence-electron chi connectivity index (χ4n) is 2.03. The SMILES string of the molecule is CCP(CC)(CC)(COC)N(C#N)C#N. The number of methoxy groups -OCH3 is 1. The second kappa shape index (κ2) is 5.31. The van der Waals surface area contributed by atoms with Crippen molar-refractivity contribution in [3.05, 3.63) is 0 Å². The Hall–Kier alpha value is -0.830. The molecule has 5 heteroatoms. The zero-order valence-electron chi connectivity index (χ0n) is 10.0. The zero-order valence-corrected chi connectivity index (χ0v) is 10.9. The molecule has 0 fully saturated rings. The first kappa shape index (κ1) is 14.2. The van der Waals surface area contributed by atoms with Crippen LogP contribution in [0.5, 0.6) is 0 Å². The molecule has 0 spiro atoms. The third-order valence-corrected chi connectivity index (χ3v) is 10.8. The number of hydrogen-bond acceptors (Lipinski definition) is 4. The van der Waals surface area contributed by atoms with Gasteiger partial charge in [0.15, 0.2) is 0 Å². The molecule has 0 saturated carbocycles. The Morgan fingerprint density at radius 2 is 1.47 bits per heavy atom. The molecule has 15 heavy (non-hydrogen) atoms. The van der Waals surface area contributed by atoms with Crippen LogP contribution in [0, 0.1) is 22.9 Å². The minimum absolute atomic E-state index is 0.524. The summed E-state index contributed by atoms with van der Waals surface area (Å²) in [6, 6.07) is 0. The molecule has 0 aromatic heterocycles. The first-order valence-electron chi connectivity index (χ1n) is 5.18. The summed E-state index contributed by atoms with van der Waals surface area (Å²) in [5, 5.41) is 18.2. The van der Waals surface area contributed by atoms with E-state index in [1.165, 1.54) is 4.67 Å². The molecule has 0 aliphatic heterocycles. The van der Waals surface area contributed by atoms with E-state index in [1.54, 1.807) is 7.11 Å². The molecule has 0 radical (unpaired) electrons. The molecule has 0 N–H and O–H groups in total. The van der Waals surface area contributed by atoms with Crippen LogP contribution in [0.1, 0.15) is 20.8 Å². The molecule has 0 heterocycles. The van der Waals surface area contributed by atoms with Gasteiger partial charge in [0.1, 0.15) is 0 Å². The van der Waals surface area contributed by atoms with E-state index in [-0.39, 0.29) is 0 Å². The van der Waals surface area contributed by atoms with E-state index in [0.717, 1.165) is 18.5 Å². The second-order valence-corrected chi connectivity index (χ2v) is 10.2. The van der Waals surface area contributed by atoms with E-state index >= 15 is 0 Å². The molecule has 0 saturated heterocycles. The van der Waals surface area contributed by atoms with Crippen molar-refractivity contribution in [3.63, 3.8) is 0 Å². The van der Waals surface area contributed by atoms with Gasteiger partial charge in [-0.2, -0.15) is 0 Å². The van der Waals surface area contributed by atoms with Gasteiger partial charge >= 0.3 is 91.8 Å². The summed E-state index contributed by atoms with van der Waals surface area (Å²) in [4.78, 5) is 0. The predicted molar refractivity (Wildman–Crippen MR) is 63.5 cm³/mol. The molecular formula is C10H20N3OP. The summed E-state index contributed by atoms with van der Waals surface area (Å²) >= 11 is 0. The van der Waals surface area contributed by atoms with E-state index in [9.17, 15) is 0 Å². The zero-order chi connectivity index (χ0) is 12.0. The number of ether oxygens (including phenoxy) is 1. The fourth-order valence-corrected chi connectivity index (χ4v) is 6.06. The van der Waals surface area contributed by atoms with Crippen LogP contribution in [-0.4, -0.2) is 36.6 Å². The van der Waals surface area contributed by atoms with Crippen LogP contribution in [0.25, 0.3) is 0 Å². The molecular weight excluding hydrogens is 209 g/mol. The normalized spacial score (nSPS) is 13.3. The third-order valence-electron chi connectivity index (χ3n) is 3.65. The van der Waals surface area contributed by atoms with E-state index < -0.39 is 6.75 Å². The topological polar surface area (TPSA) is 60.0 Å². The molecule has 86 valence electrons. The molecule has 0 bridgehead atoms. The molecule has 0 amide bonds. The molecule has 0 aromatic rings. The van der Waals surface area contributed by atoms with Crippen molar-refractivity contribution in [2.45, 2.75) is 20.8 Å². The Bertz CT molecular complexity index is 263. The Balaban J connectivity index is 5.52. The Labute approximate surface area is 92.4 Å². The van der Waals surface area contributed by atoms with Gasteiger partial charge in [0, 0.05) is 0 Å². The Morgan fingerprint density at radius 1 is 1.07 bits per heavy atom. The molecule has 0 aromatic carbocycles. The molecule has 0 aliphatic rings. The average molecular weight is 229 g/mol. The van der Waals surface area contributed by atoms with E-state index in [2.05, 4.69) is 0 Å². The van der Waals surface area contributed by atoms with Crippen LogP contribution in [0.15, 0.2) is 0 Å². The fraction of sp³-hybridized carbons (Fsp3) is 0.800. The molecule has 0 atom stereocenters. The maximum atomic E-state index is 9.08. The summed E-state index contributed by atoms with van der Waals surface area (Å²) < 4.78 is 6.61. The van der Waals surface area contributed by atoms with Crippen LogP contribution in [-0.2, 0) is 4.74 Å². The van der Waals surface area contributed by atoms with Gasteiger partial charge in [0.2, 0.25) is 0 Å². The van der Waals surface area contributed by atoms with E-state index in [1.807, 2.05) is 33.2 Å². The summed E-state index contributed by atoms with van der Waals surface area (Å²) in [6.07, 6.45) is 7.09. The summed E-state index contributed by atoms with van der Waals surface area (Å²) in [6.45, 7) is 3.66. The summed E-state index contributed by atoms with van der Waals surface area (Å²) in [5.41, 5.74) is 0. The standard InChI is InChI=1S/C10H20N3OP/c1-5-15(6-2,7-3,10-14-4)13(8-11)9-12/h5-7,10H2,1-4H3. The van der Waals surface area contributed by atoms with E-state index in [0.29, 0.717) is 6.35 Å². The number of nitriles is 2. The minimum atomic E-state index is -2.49. The van der Waals surface area contributed by atoms with Crippen LogP contribution in [0.4, 0.5) is 0 Å². The van der Waals surface area contributed by atoms with Crippen LogP contribution in [0.3, 0.4) is 0 Å². The summed E-state index contributed by atoms with van der Waals surface area (Å²) in [5.74, 6) is 0. The van der Waals surface area contributed by atoms with Gasteiger partial charge in [-0.1, -0.05) is 0 Å². The van der Waals surface area contributed by atoms with Gasteiger partial charge in [-0.25, -0.2) is 0 Å². The first-order chi connectivity index (χ1) is 7.08. The number of hydrogen-bond donors (Lipinski definition) is 0. The Kier molecular flexibility index (Phi) is 5.01. The van der Waals surface area contributed by atoms with Gasteiger partial charge in [-0.15, -0.1) is 0 Å². The second-order valence-electron chi connectivity index (χ2n) is 3.79. The quantitative estimate of drug-likeness (QED) is 0.398. The van der Waals surface area contributed by atoms with Crippen molar-refractivity contribution in [1.82, 2.24) is 4.67 Å². The van der Waals surface area contributed by atoms with Crippen LogP contribution >= 0.6 is 6.75 Å². The van der Waals surface area contributed by atoms with Gasteiger partial charge in [0.05, 0.1) is 0 Å². The van der Waals surface area contributed by atoms with Crippen LogP contribution in [0.2, 0.25) is 0 Å². The van der Waals surface area contributed by atoms with Gasteiger partial charge in [-0.05, 0) is 0 Å². The number of rotatable bonds is 6. The average Bonchev–Trinajstić information content (AvgIpc) is 2.29. The maximum absolute atomic E-state index is 9.08. The predicted octanol–water partition coefficient (Wildman–Crippen LogP) is 2.38. The Morgan fingerprint density at radius 3 is 1.67 bits per heavy atom. The van der Waals surface area contributed by atoms with Crippen molar-refractivity contribution >= 4 is 6.75 Å². The van der Waals surface area contributed by atoms with Crippen molar-refractivity contribution in [1.29, 1.82) is 10.5 Å². The monoisotopic (exact) mass is 229 g/mol.